The molecule has 4 rings (SSSR count). The van der Waals surface area contributed by atoms with E-state index >= 15 is 0 Å². The molecule has 2 aliphatic rings. The number of amides is 1. The Kier molecular flexibility index (Phi) is 6.36. The van der Waals surface area contributed by atoms with Crippen LogP contribution in [0.2, 0.25) is 5.02 Å². The molecule has 0 bridgehead atoms. The number of methoxy groups -OCH3 is 2. The molecule has 2 atom stereocenters. The van der Waals surface area contributed by atoms with Gasteiger partial charge in [-0.2, -0.15) is 0 Å². The largest absolute Gasteiger partial charge is 0.496 e. The Morgan fingerprint density at radius 1 is 1.16 bits per heavy atom. The van der Waals surface area contributed by atoms with E-state index in [0.29, 0.717) is 40.8 Å². The van der Waals surface area contributed by atoms with Crippen LogP contribution in [0.15, 0.2) is 27.9 Å². The molecule has 3 heterocycles. The molecule has 2 aromatic rings. The predicted molar refractivity (Wildman–Crippen MR) is 115 cm³/mol. The normalized spacial score (nSPS) is 21.3. The summed E-state index contributed by atoms with van der Waals surface area (Å²) in [7, 11) is 3.10. The molecule has 9 heteroatoms. The number of carbonyl (C=O) groups is 1. The summed E-state index contributed by atoms with van der Waals surface area (Å²) in [6.07, 6.45) is 3.51. The van der Waals surface area contributed by atoms with Gasteiger partial charge < -0.3 is 23.7 Å². The van der Waals surface area contributed by atoms with E-state index in [1.807, 2.05) is 17.9 Å². The van der Waals surface area contributed by atoms with Crippen molar-refractivity contribution in [3.05, 3.63) is 40.2 Å². The Bertz CT molecular complexity index is 990. The lowest BCUT2D eigenvalue weighted by atomic mass is 10.0. The molecule has 2 aliphatic heterocycles. The van der Waals surface area contributed by atoms with E-state index in [2.05, 4.69) is 10.3 Å². The number of hydrogen-bond donors (Lipinski definition) is 0. The summed E-state index contributed by atoms with van der Waals surface area (Å²) in [5, 5.41) is 8.63. The number of oxime groups is 1. The molecule has 0 saturated carbocycles. The number of benzene rings is 1. The number of aryl methyl sites for hydroxylation is 1. The van der Waals surface area contributed by atoms with Crippen LogP contribution in [-0.2, 0) is 9.63 Å². The van der Waals surface area contributed by atoms with E-state index in [4.69, 9.17) is 30.4 Å². The highest BCUT2D eigenvalue weighted by atomic mass is 35.5. The molecule has 31 heavy (non-hydrogen) atoms. The summed E-state index contributed by atoms with van der Waals surface area (Å²) in [5.74, 6) is 1.68. The Labute approximate surface area is 186 Å². The van der Waals surface area contributed by atoms with Gasteiger partial charge in [0, 0.05) is 30.7 Å². The van der Waals surface area contributed by atoms with E-state index in [9.17, 15) is 4.79 Å². The van der Waals surface area contributed by atoms with E-state index in [1.165, 1.54) is 0 Å². The number of carbonyl (C=O) groups excluding carboxylic acids is 1. The quantitative estimate of drug-likeness (QED) is 0.679. The van der Waals surface area contributed by atoms with Gasteiger partial charge in [-0.15, -0.1) is 0 Å². The molecule has 8 nitrogen and oxygen atoms in total. The highest BCUT2D eigenvalue weighted by Crippen LogP contribution is 2.36. The monoisotopic (exact) mass is 447 g/mol. The fraction of sp³-hybridized carbons (Fsp3) is 0.500. The standard InChI is InChI=1S/C22H26ClN3O5/c1-13-9-20(30-24-13)17-7-5-4-6-8-26(17)22(27)21-11-16(25-31-21)14-10-15(23)19(29-3)12-18(14)28-2/h9-10,12,17,21H,4-8,11H2,1-3H3/t17-,21+/m1/s1. The maximum atomic E-state index is 13.4. The number of rotatable bonds is 5. The van der Waals surface area contributed by atoms with Gasteiger partial charge in [0.05, 0.1) is 36.7 Å². The van der Waals surface area contributed by atoms with Crippen molar-refractivity contribution in [3.8, 4) is 11.5 Å². The Balaban J connectivity index is 1.54. The predicted octanol–water partition coefficient (Wildman–Crippen LogP) is 4.29. The first-order chi connectivity index (χ1) is 15.0. The smallest absolute Gasteiger partial charge is 0.267 e. The van der Waals surface area contributed by atoms with Gasteiger partial charge in [0.1, 0.15) is 11.5 Å². The molecule has 0 aliphatic carbocycles. The maximum absolute atomic E-state index is 13.4. The van der Waals surface area contributed by atoms with Crippen molar-refractivity contribution in [1.82, 2.24) is 10.1 Å². The van der Waals surface area contributed by atoms with E-state index < -0.39 is 6.10 Å². The van der Waals surface area contributed by atoms with Gasteiger partial charge in [0.25, 0.3) is 5.91 Å². The number of ether oxygens (including phenoxy) is 2. The fourth-order valence-electron chi connectivity index (χ4n) is 4.15. The van der Waals surface area contributed by atoms with Crippen molar-refractivity contribution < 1.29 is 23.6 Å². The third-order valence-electron chi connectivity index (χ3n) is 5.74. The SMILES string of the molecule is COc1cc(OC)c(C2=NO[C@H](C(=O)N3CCCCC[C@@H]3c3cc(C)no3)C2)cc1Cl. The summed E-state index contributed by atoms with van der Waals surface area (Å²) in [5.41, 5.74) is 2.10. The van der Waals surface area contributed by atoms with Crippen LogP contribution in [0.4, 0.5) is 0 Å². The minimum atomic E-state index is -0.704. The van der Waals surface area contributed by atoms with E-state index in [0.717, 1.165) is 37.1 Å². The lowest BCUT2D eigenvalue weighted by Crippen LogP contribution is -2.41. The Morgan fingerprint density at radius 2 is 1.97 bits per heavy atom. The topological polar surface area (TPSA) is 86.4 Å². The first kappa shape index (κ1) is 21.5. The third kappa shape index (κ3) is 4.35. The molecule has 0 spiro atoms. The van der Waals surface area contributed by atoms with Crippen LogP contribution in [0.25, 0.3) is 0 Å². The maximum Gasteiger partial charge on any atom is 0.267 e. The van der Waals surface area contributed by atoms with Gasteiger partial charge >= 0.3 is 0 Å². The molecule has 1 aromatic heterocycles. The van der Waals surface area contributed by atoms with Crippen LogP contribution in [-0.4, -0.2) is 48.5 Å². The molecule has 1 amide bonds. The molecule has 0 N–H and O–H groups in total. The molecule has 1 aromatic carbocycles. The van der Waals surface area contributed by atoms with Gasteiger partial charge in [0.15, 0.2) is 5.76 Å². The fourth-order valence-corrected chi connectivity index (χ4v) is 4.39. The van der Waals surface area contributed by atoms with Gasteiger partial charge in [-0.1, -0.05) is 34.8 Å². The minimum absolute atomic E-state index is 0.0988. The molecule has 1 fully saturated rings. The van der Waals surface area contributed by atoms with Crippen LogP contribution in [0.3, 0.4) is 0 Å². The average molecular weight is 448 g/mol. The second-order valence-corrected chi connectivity index (χ2v) is 8.20. The first-order valence-corrected chi connectivity index (χ1v) is 10.8. The van der Waals surface area contributed by atoms with Crippen molar-refractivity contribution in [2.24, 2.45) is 5.16 Å². The van der Waals surface area contributed by atoms with Crippen molar-refractivity contribution in [3.63, 3.8) is 0 Å². The number of aromatic nitrogens is 1. The summed E-state index contributed by atoms with van der Waals surface area (Å²) in [4.78, 5) is 20.9. The Hall–Kier alpha value is -2.74. The third-order valence-corrected chi connectivity index (χ3v) is 6.04. The van der Waals surface area contributed by atoms with Gasteiger partial charge in [-0.3, -0.25) is 4.79 Å². The van der Waals surface area contributed by atoms with Crippen LogP contribution >= 0.6 is 11.6 Å². The second-order valence-electron chi connectivity index (χ2n) is 7.79. The number of likely N-dealkylation sites (tertiary alicyclic amines) is 1. The van der Waals surface area contributed by atoms with Gasteiger partial charge in [-0.25, -0.2) is 0 Å². The van der Waals surface area contributed by atoms with Crippen LogP contribution < -0.4 is 9.47 Å². The lowest BCUT2D eigenvalue weighted by molar-refractivity contribution is -0.145. The molecule has 166 valence electrons. The average Bonchev–Trinajstić information content (AvgIpc) is 3.36. The molecular formula is C22H26ClN3O5. The zero-order valence-electron chi connectivity index (χ0n) is 17.9. The Morgan fingerprint density at radius 3 is 2.68 bits per heavy atom. The van der Waals surface area contributed by atoms with Crippen LogP contribution in [0.1, 0.15) is 55.2 Å². The highest BCUT2D eigenvalue weighted by molar-refractivity contribution is 6.32. The lowest BCUT2D eigenvalue weighted by Gasteiger charge is -2.29. The zero-order chi connectivity index (χ0) is 22.0. The zero-order valence-corrected chi connectivity index (χ0v) is 18.6. The summed E-state index contributed by atoms with van der Waals surface area (Å²) in [6, 6.07) is 5.18. The van der Waals surface area contributed by atoms with Crippen LogP contribution in [0, 0.1) is 6.92 Å². The molecule has 0 unspecified atom stereocenters. The minimum Gasteiger partial charge on any atom is -0.496 e. The summed E-state index contributed by atoms with van der Waals surface area (Å²) in [6.45, 7) is 2.53. The van der Waals surface area contributed by atoms with E-state index in [1.54, 1.807) is 26.4 Å². The second kappa shape index (κ2) is 9.18. The summed E-state index contributed by atoms with van der Waals surface area (Å²) < 4.78 is 16.2. The van der Waals surface area contributed by atoms with Crippen molar-refractivity contribution in [2.75, 3.05) is 20.8 Å². The molecular weight excluding hydrogens is 422 g/mol. The molecule has 1 saturated heterocycles. The highest BCUT2D eigenvalue weighted by Gasteiger charge is 2.38. The van der Waals surface area contributed by atoms with Crippen LogP contribution in [0.5, 0.6) is 11.5 Å². The van der Waals surface area contributed by atoms with E-state index in [-0.39, 0.29) is 11.9 Å². The van der Waals surface area contributed by atoms with Gasteiger partial charge in [-0.05, 0) is 25.8 Å². The van der Waals surface area contributed by atoms with Crippen molar-refractivity contribution >= 4 is 23.2 Å². The number of halogens is 1. The van der Waals surface area contributed by atoms with Gasteiger partial charge in [0.2, 0.25) is 6.10 Å². The first-order valence-electron chi connectivity index (χ1n) is 10.4. The summed E-state index contributed by atoms with van der Waals surface area (Å²) >= 11 is 6.30. The number of nitrogens with zero attached hydrogens (tertiary/aromatic N) is 3. The number of hydrogen-bond acceptors (Lipinski definition) is 7. The van der Waals surface area contributed by atoms with Crippen molar-refractivity contribution in [1.29, 1.82) is 0 Å². The van der Waals surface area contributed by atoms with Crippen molar-refractivity contribution in [2.45, 2.75) is 51.2 Å². The molecule has 0 radical (unpaired) electrons.